The van der Waals surface area contributed by atoms with E-state index < -0.39 is 20.0 Å². The van der Waals surface area contributed by atoms with Crippen LogP contribution in [-0.2, 0) is 18.4 Å². The molecule has 0 aliphatic heterocycles. The molecule has 8 nitrogen and oxygen atoms in total. The molecular weight excluding hydrogens is 996 g/mol. The Morgan fingerprint density at radius 2 is 0.696 bits per heavy atom. The highest BCUT2D eigenvalue weighted by Gasteiger charge is 2.23. The summed E-state index contributed by atoms with van der Waals surface area (Å²) in [6.45, 7) is 4.71. The summed E-state index contributed by atoms with van der Waals surface area (Å²) in [4.78, 5) is 25.6. The maximum Gasteiger partial charge on any atom is 0.268 e. The molecule has 0 aromatic rings. The Morgan fingerprint density at radius 1 is 0.430 bits per heavy atom. The van der Waals surface area contributed by atoms with Crippen molar-refractivity contribution in [3.63, 3.8) is 0 Å². The van der Waals surface area contributed by atoms with Crippen molar-refractivity contribution in [2.24, 2.45) is 0 Å². The molecule has 0 saturated heterocycles. The van der Waals surface area contributed by atoms with Crippen LogP contribution in [0.15, 0.2) is 24.3 Å². The summed E-state index contributed by atoms with van der Waals surface area (Å²) in [5.74, 6) is -0.189. The lowest BCUT2D eigenvalue weighted by Crippen LogP contribution is -2.45. The van der Waals surface area contributed by atoms with E-state index in [9.17, 15) is 19.4 Å². The van der Waals surface area contributed by atoms with Crippen molar-refractivity contribution in [3.05, 3.63) is 24.3 Å². The smallest absolute Gasteiger partial charge is 0.268 e. The highest BCUT2D eigenvalue weighted by molar-refractivity contribution is 7.45. The molecule has 0 aromatic carbocycles. The van der Waals surface area contributed by atoms with Gasteiger partial charge in [-0.1, -0.05) is 340 Å². The van der Waals surface area contributed by atoms with Crippen LogP contribution >= 0.6 is 7.82 Å². The van der Waals surface area contributed by atoms with Crippen molar-refractivity contribution in [1.82, 2.24) is 5.32 Å². The molecule has 470 valence electrons. The Morgan fingerprint density at radius 3 is 0.987 bits per heavy atom. The molecule has 0 aliphatic carbocycles. The van der Waals surface area contributed by atoms with E-state index in [0.29, 0.717) is 17.4 Å². The van der Waals surface area contributed by atoms with E-state index in [2.05, 4.69) is 31.3 Å². The summed E-state index contributed by atoms with van der Waals surface area (Å²) >= 11 is 0. The number of nitrogens with zero attached hydrogens (tertiary/aromatic N) is 1. The van der Waals surface area contributed by atoms with Crippen LogP contribution in [0.4, 0.5) is 0 Å². The fourth-order valence-corrected chi connectivity index (χ4v) is 11.6. The summed E-state index contributed by atoms with van der Waals surface area (Å²) in [5, 5.41) is 13.9. The third-order valence-corrected chi connectivity index (χ3v) is 17.4. The highest BCUT2D eigenvalue weighted by atomic mass is 31.2. The molecule has 1 amide bonds. The summed E-state index contributed by atoms with van der Waals surface area (Å²) in [7, 11) is 1.28. The molecule has 0 saturated carbocycles. The third-order valence-electron chi connectivity index (χ3n) is 16.4. The van der Waals surface area contributed by atoms with Gasteiger partial charge < -0.3 is 28.8 Å². The zero-order chi connectivity index (χ0) is 57.7. The monoisotopic (exact) mass is 1140 g/mol. The standard InChI is InChI=1S/C70H139N2O6P/c1-6-8-10-12-14-16-18-20-22-24-26-28-29-30-31-32-33-34-35-36-37-38-39-40-41-42-43-44-46-48-50-52-54-56-58-60-62-64-70(74)71-68(67-78-79(75,76)77-66-65-72(3,4)5)69(73)63-61-59-57-55-53-51-49-47-45-27-25-23-21-19-17-15-13-11-9-7-2/h24,26,61,63,68-69,73H,6-23,25,27-60,62,64-67H2,1-5H3,(H-,71,74,75,76)/b26-24-,63-61+. The Balaban J connectivity index is 3.94. The lowest BCUT2D eigenvalue weighted by molar-refractivity contribution is -0.870. The summed E-state index contributed by atoms with van der Waals surface area (Å²) < 4.78 is 23.4. The van der Waals surface area contributed by atoms with Crippen molar-refractivity contribution in [1.29, 1.82) is 0 Å². The molecule has 0 fully saturated rings. The predicted octanol–water partition coefficient (Wildman–Crippen LogP) is 21.6. The Kier molecular flexibility index (Phi) is 60.7. The van der Waals surface area contributed by atoms with Crippen LogP contribution in [0.1, 0.15) is 367 Å². The number of carbonyl (C=O) groups is 1. The molecular formula is C70H139N2O6P. The first-order chi connectivity index (χ1) is 38.5. The molecule has 0 aromatic heterocycles. The molecule has 9 heteroatoms. The Hall–Kier alpha value is -1.02. The fraction of sp³-hybridized carbons (Fsp3) is 0.929. The van der Waals surface area contributed by atoms with Crippen LogP contribution < -0.4 is 10.2 Å². The zero-order valence-corrected chi connectivity index (χ0v) is 54.8. The molecule has 0 rings (SSSR count). The summed E-state index contributed by atoms with van der Waals surface area (Å²) in [6.07, 6.45) is 80.2. The molecule has 0 bridgehead atoms. The first kappa shape index (κ1) is 78.0. The van der Waals surface area contributed by atoms with Gasteiger partial charge in [-0.3, -0.25) is 9.36 Å². The quantitative estimate of drug-likeness (QED) is 0.0272. The number of quaternary nitrogens is 1. The van der Waals surface area contributed by atoms with E-state index in [4.69, 9.17) is 9.05 Å². The number of aliphatic hydroxyl groups is 1. The van der Waals surface area contributed by atoms with E-state index in [-0.39, 0.29) is 19.1 Å². The van der Waals surface area contributed by atoms with Gasteiger partial charge in [-0.25, -0.2) is 0 Å². The molecule has 79 heavy (non-hydrogen) atoms. The average Bonchev–Trinajstić information content (AvgIpc) is 3.42. The van der Waals surface area contributed by atoms with Gasteiger partial charge >= 0.3 is 0 Å². The van der Waals surface area contributed by atoms with Crippen molar-refractivity contribution in [2.45, 2.75) is 379 Å². The number of phosphoric acid groups is 1. The van der Waals surface area contributed by atoms with E-state index in [1.54, 1.807) is 6.08 Å². The van der Waals surface area contributed by atoms with Crippen LogP contribution in [-0.4, -0.2) is 68.5 Å². The van der Waals surface area contributed by atoms with Crippen LogP contribution in [0.2, 0.25) is 0 Å². The van der Waals surface area contributed by atoms with Crippen LogP contribution in [0.3, 0.4) is 0 Å². The van der Waals surface area contributed by atoms with Gasteiger partial charge in [-0.2, -0.15) is 0 Å². The number of rotatable bonds is 66. The number of aliphatic hydroxyl groups excluding tert-OH is 1. The number of phosphoric ester groups is 1. The van der Waals surface area contributed by atoms with Gasteiger partial charge in [0.15, 0.2) is 0 Å². The zero-order valence-electron chi connectivity index (χ0n) is 53.9. The molecule has 0 spiro atoms. The van der Waals surface area contributed by atoms with E-state index >= 15 is 0 Å². The largest absolute Gasteiger partial charge is 0.756 e. The number of hydrogen-bond acceptors (Lipinski definition) is 6. The molecule has 0 aliphatic rings. The van der Waals surface area contributed by atoms with Crippen molar-refractivity contribution >= 4 is 13.7 Å². The normalized spacial score (nSPS) is 13.8. The van der Waals surface area contributed by atoms with Gasteiger partial charge in [0.25, 0.3) is 7.82 Å². The summed E-state index contributed by atoms with van der Waals surface area (Å²) in [6, 6.07) is -0.884. The SMILES string of the molecule is CCCCCCCCCC/C=C\CCCCCCCCCCCCCCCCCCCCCCCCCCCC(=O)NC(COP(=O)([O-])OCC[N+](C)(C)C)C(O)/C=C/CCCCCCCCCCCCCCCCCCCC. The lowest BCUT2D eigenvalue weighted by Gasteiger charge is -2.29. The van der Waals surface area contributed by atoms with Crippen molar-refractivity contribution in [2.75, 3.05) is 40.9 Å². The minimum absolute atomic E-state index is 0.00216. The second kappa shape index (κ2) is 61.5. The molecule has 0 heterocycles. The maximum absolute atomic E-state index is 13.0. The van der Waals surface area contributed by atoms with Gasteiger partial charge in [-0.05, 0) is 44.9 Å². The number of allylic oxidation sites excluding steroid dienone is 3. The number of nitrogens with one attached hydrogen (secondary N) is 1. The van der Waals surface area contributed by atoms with Crippen LogP contribution in [0, 0.1) is 0 Å². The minimum atomic E-state index is -4.60. The number of amides is 1. The van der Waals surface area contributed by atoms with E-state index in [0.717, 1.165) is 38.5 Å². The average molecular weight is 1140 g/mol. The molecule has 3 atom stereocenters. The number of carbonyl (C=O) groups excluding carboxylic acids is 1. The van der Waals surface area contributed by atoms with Gasteiger partial charge in [0.1, 0.15) is 13.2 Å². The molecule has 2 N–H and O–H groups in total. The van der Waals surface area contributed by atoms with Crippen LogP contribution in [0.25, 0.3) is 0 Å². The molecule has 0 radical (unpaired) electrons. The van der Waals surface area contributed by atoms with E-state index in [1.807, 2.05) is 27.2 Å². The Labute approximate surface area is 494 Å². The second-order valence-electron chi connectivity index (χ2n) is 25.6. The minimum Gasteiger partial charge on any atom is -0.756 e. The topological polar surface area (TPSA) is 108 Å². The van der Waals surface area contributed by atoms with Gasteiger partial charge in [0, 0.05) is 6.42 Å². The summed E-state index contributed by atoms with van der Waals surface area (Å²) in [5.41, 5.74) is 0. The third kappa shape index (κ3) is 64.4. The van der Waals surface area contributed by atoms with E-state index in [1.165, 1.54) is 308 Å². The van der Waals surface area contributed by atoms with Gasteiger partial charge in [0.05, 0.1) is 39.9 Å². The first-order valence-corrected chi connectivity index (χ1v) is 36.7. The number of hydrogen-bond donors (Lipinski definition) is 2. The highest BCUT2D eigenvalue weighted by Crippen LogP contribution is 2.38. The first-order valence-electron chi connectivity index (χ1n) is 35.2. The van der Waals surface area contributed by atoms with Crippen molar-refractivity contribution < 1.29 is 32.9 Å². The maximum atomic E-state index is 13.0. The van der Waals surface area contributed by atoms with Gasteiger partial charge in [0.2, 0.25) is 5.91 Å². The Bertz CT molecular complexity index is 1340. The fourth-order valence-electron chi connectivity index (χ4n) is 10.9. The number of likely N-dealkylation sites (N-methyl/N-ethyl adjacent to an activating group) is 1. The predicted molar refractivity (Wildman–Crippen MR) is 344 cm³/mol. The molecule has 3 unspecified atom stereocenters. The van der Waals surface area contributed by atoms with Crippen molar-refractivity contribution in [3.8, 4) is 0 Å². The number of unbranched alkanes of at least 4 members (excludes halogenated alkanes) is 51. The van der Waals surface area contributed by atoms with Crippen LogP contribution in [0.5, 0.6) is 0 Å². The lowest BCUT2D eigenvalue weighted by atomic mass is 10.0. The van der Waals surface area contributed by atoms with Gasteiger partial charge in [-0.15, -0.1) is 0 Å². The second-order valence-corrected chi connectivity index (χ2v) is 27.0.